The average Bonchev–Trinajstić information content (AvgIpc) is 2.86. The standard InChI is InChI=1S/C17H19ClN2O4/c1-5-13-10(2)19-20(11(13)3)12-6-7-15(18)14(8-12)17(22)24-9-16(21)23-4/h6-8H,5,9H2,1-4H3. The summed E-state index contributed by atoms with van der Waals surface area (Å²) in [6, 6.07) is 4.98. The molecule has 6 nitrogen and oxygen atoms in total. The molecule has 0 amide bonds. The van der Waals surface area contributed by atoms with Crippen molar-refractivity contribution in [2.45, 2.75) is 27.2 Å². The number of hydrogen-bond acceptors (Lipinski definition) is 5. The van der Waals surface area contributed by atoms with Crippen LogP contribution in [-0.4, -0.2) is 35.4 Å². The van der Waals surface area contributed by atoms with Crippen LogP contribution in [0.25, 0.3) is 5.69 Å². The topological polar surface area (TPSA) is 70.4 Å². The zero-order chi connectivity index (χ0) is 17.9. The van der Waals surface area contributed by atoms with Gasteiger partial charge in [0.1, 0.15) is 0 Å². The molecule has 0 aliphatic carbocycles. The number of nitrogens with zero attached hydrogens (tertiary/aromatic N) is 2. The molecule has 2 aromatic rings. The van der Waals surface area contributed by atoms with Crippen LogP contribution in [-0.2, 0) is 20.7 Å². The van der Waals surface area contributed by atoms with Crippen LogP contribution in [0.5, 0.6) is 0 Å². The maximum Gasteiger partial charge on any atom is 0.344 e. The van der Waals surface area contributed by atoms with Crippen LogP contribution in [0.3, 0.4) is 0 Å². The van der Waals surface area contributed by atoms with E-state index in [4.69, 9.17) is 16.3 Å². The van der Waals surface area contributed by atoms with Gasteiger partial charge in [-0.05, 0) is 44.0 Å². The van der Waals surface area contributed by atoms with Gasteiger partial charge in [0.15, 0.2) is 6.61 Å². The number of ether oxygens (including phenoxy) is 2. The minimum Gasteiger partial charge on any atom is -0.466 e. The van der Waals surface area contributed by atoms with Gasteiger partial charge in [-0.2, -0.15) is 5.10 Å². The van der Waals surface area contributed by atoms with Crippen molar-refractivity contribution >= 4 is 23.5 Å². The van der Waals surface area contributed by atoms with E-state index in [1.165, 1.54) is 12.7 Å². The lowest BCUT2D eigenvalue weighted by Gasteiger charge is -2.09. The van der Waals surface area contributed by atoms with Gasteiger partial charge in [-0.3, -0.25) is 0 Å². The predicted molar refractivity (Wildman–Crippen MR) is 89.7 cm³/mol. The Balaban J connectivity index is 2.35. The predicted octanol–water partition coefficient (Wildman–Crippen LogP) is 3.03. The Morgan fingerprint density at radius 2 is 2.00 bits per heavy atom. The second-order valence-corrected chi connectivity index (χ2v) is 5.64. The first-order valence-corrected chi connectivity index (χ1v) is 7.85. The van der Waals surface area contributed by atoms with E-state index in [1.54, 1.807) is 22.9 Å². The lowest BCUT2D eigenvalue weighted by atomic mass is 10.1. The highest BCUT2D eigenvalue weighted by molar-refractivity contribution is 6.33. The minimum absolute atomic E-state index is 0.170. The van der Waals surface area contributed by atoms with E-state index < -0.39 is 18.5 Å². The molecule has 7 heteroatoms. The molecule has 0 unspecified atom stereocenters. The fourth-order valence-corrected chi connectivity index (χ4v) is 2.70. The van der Waals surface area contributed by atoms with Crippen LogP contribution in [0.4, 0.5) is 0 Å². The number of carbonyl (C=O) groups is 2. The molecule has 0 fully saturated rings. The van der Waals surface area contributed by atoms with Gasteiger partial charge in [-0.25, -0.2) is 14.3 Å². The number of carbonyl (C=O) groups excluding carboxylic acids is 2. The molecule has 0 N–H and O–H groups in total. The lowest BCUT2D eigenvalue weighted by Crippen LogP contribution is -2.15. The van der Waals surface area contributed by atoms with E-state index in [1.807, 2.05) is 13.8 Å². The Hall–Kier alpha value is -2.34. The summed E-state index contributed by atoms with van der Waals surface area (Å²) in [6.07, 6.45) is 0.874. The second-order valence-electron chi connectivity index (χ2n) is 5.23. The van der Waals surface area contributed by atoms with Crippen LogP contribution in [0.15, 0.2) is 18.2 Å². The number of methoxy groups -OCH3 is 1. The Kier molecular flexibility index (Phi) is 5.62. The molecule has 2 rings (SSSR count). The first kappa shape index (κ1) is 18.0. The second kappa shape index (κ2) is 7.49. The van der Waals surface area contributed by atoms with Gasteiger partial charge in [-0.15, -0.1) is 0 Å². The molecule has 0 saturated carbocycles. The number of benzene rings is 1. The first-order valence-electron chi connectivity index (χ1n) is 7.48. The van der Waals surface area contributed by atoms with Crippen LogP contribution in [0, 0.1) is 13.8 Å². The molecule has 0 atom stereocenters. The molecule has 0 saturated heterocycles. The van der Waals surface area contributed by atoms with E-state index >= 15 is 0 Å². The minimum atomic E-state index is -0.690. The largest absolute Gasteiger partial charge is 0.466 e. The summed E-state index contributed by atoms with van der Waals surface area (Å²) in [7, 11) is 1.22. The van der Waals surface area contributed by atoms with Crippen LogP contribution in [0.1, 0.15) is 34.2 Å². The Morgan fingerprint density at radius 1 is 1.29 bits per heavy atom. The summed E-state index contributed by atoms with van der Waals surface area (Å²) < 4.78 is 11.1. The number of halogens is 1. The summed E-state index contributed by atoms with van der Waals surface area (Å²) in [5.41, 5.74) is 3.99. The highest BCUT2D eigenvalue weighted by Crippen LogP contribution is 2.23. The molecule has 0 spiro atoms. The van der Waals surface area contributed by atoms with Crippen molar-refractivity contribution in [3.63, 3.8) is 0 Å². The van der Waals surface area contributed by atoms with Crippen LogP contribution in [0.2, 0.25) is 5.02 Å². The van der Waals surface area contributed by atoms with Gasteiger partial charge < -0.3 is 9.47 Å². The molecule has 0 aliphatic heterocycles. The van der Waals surface area contributed by atoms with Crippen molar-refractivity contribution in [2.75, 3.05) is 13.7 Å². The Bertz CT molecular complexity index is 783. The van der Waals surface area contributed by atoms with Crippen LogP contribution < -0.4 is 0 Å². The molecule has 1 aromatic carbocycles. The molecule has 0 aliphatic rings. The summed E-state index contributed by atoms with van der Waals surface area (Å²) in [5.74, 6) is -1.33. The molecule has 1 aromatic heterocycles. The number of hydrogen-bond donors (Lipinski definition) is 0. The van der Waals surface area contributed by atoms with E-state index in [2.05, 4.69) is 16.8 Å². The lowest BCUT2D eigenvalue weighted by molar-refractivity contribution is -0.144. The molecular weight excluding hydrogens is 332 g/mol. The quantitative estimate of drug-likeness (QED) is 0.775. The maximum absolute atomic E-state index is 12.1. The summed E-state index contributed by atoms with van der Waals surface area (Å²) in [6.45, 7) is 5.53. The van der Waals surface area contributed by atoms with Gasteiger partial charge in [0.05, 0.1) is 29.1 Å². The first-order chi connectivity index (χ1) is 11.4. The Morgan fingerprint density at radius 3 is 2.58 bits per heavy atom. The molecular formula is C17H19ClN2O4. The van der Waals surface area contributed by atoms with Crippen molar-refractivity contribution < 1.29 is 19.1 Å². The highest BCUT2D eigenvalue weighted by Gasteiger charge is 2.17. The van der Waals surface area contributed by atoms with Crippen molar-refractivity contribution in [3.05, 3.63) is 45.7 Å². The van der Waals surface area contributed by atoms with Crippen molar-refractivity contribution in [1.82, 2.24) is 9.78 Å². The van der Waals surface area contributed by atoms with E-state index in [9.17, 15) is 9.59 Å². The number of esters is 2. The van der Waals surface area contributed by atoms with Gasteiger partial charge in [0.25, 0.3) is 0 Å². The molecule has 0 bridgehead atoms. The highest BCUT2D eigenvalue weighted by atomic mass is 35.5. The SMILES string of the molecule is CCc1c(C)nn(-c2ccc(Cl)c(C(=O)OCC(=O)OC)c2)c1C. The fourth-order valence-electron chi connectivity index (χ4n) is 2.50. The van der Waals surface area contributed by atoms with Crippen molar-refractivity contribution in [1.29, 1.82) is 0 Å². The smallest absolute Gasteiger partial charge is 0.344 e. The molecule has 128 valence electrons. The number of aryl methyl sites for hydroxylation is 1. The average molecular weight is 351 g/mol. The molecule has 24 heavy (non-hydrogen) atoms. The van der Waals surface area contributed by atoms with Gasteiger partial charge in [0.2, 0.25) is 0 Å². The normalized spacial score (nSPS) is 10.5. The van der Waals surface area contributed by atoms with Gasteiger partial charge in [-0.1, -0.05) is 18.5 Å². The Labute approximate surface area is 145 Å². The molecule has 1 heterocycles. The molecule has 0 radical (unpaired) electrons. The number of rotatable bonds is 5. The summed E-state index contributed by atoms with van der Waals surface area (Å²) >= 11 is 6.08. The zero-order valence-electron chi connectivity index (χ0n) is 14.1. The third-order valence-corrected chi connectivity index (χ3v) is 4.09. The van der Waals surface area contributed by atoms with E-state index in [0.717, 1.165) is 17.8 Å². The van der Waals surface area contributed by atoms with E-state index in [0.29, 0.717) is 5.69 Å². The third kappa shape index (κ3) is 3.59. The number of aromatic nitrogens is 2. The fraction of sp³-hybridized carbons (Fsp3) is 0.353. The van der Waals surface area contributed by atoms with E-state index in [-0.39, 0.29) is 10.6 Å². The van der Waals surface area contributed by atoms with Gasteiger partial charge in [0, 0.05) is 5.69 Å². The van der Waals surface area contributed by atoms with Gasteiger partial charge >= 0.3 is 11.9 Å². The van der Waals surface area contributed by atoms with Crippen molar-refractivity contribution in [3.8, 4) is 5.69 Å². The van der Waals surface area contributed by atoms with Crippen LogP contribution >= 0.6 is 11.6 Å². The van der Waals surface area contributed by atoms with Crippen molar-refractivity contribution in [2.24, 2.45) is 0 Å². The maximum atomic E-state index is 12.1. The summed E-state index contributed by atoms with van der Waals surface area (Å²) in [5, 5.41) is 4.76. The monoisotopic (exact) mass is 350 g/mol. The zero-order valence-corrected chi connectivity index (χ0v) is 14.8. The summed E-state index contributed by atoms with van der Waals surface area (Å²) in [4.78, 5) is 23.2. The third-order valence-electron chi connectivity index (χ3n) is 3.76.